The fraction of sp³-hybridized carbons (Fsp3) is 0.667. The first-order chi connectivity index (χ1) is 7.27. The Morgan fingerprint density at radius 2 is 2.50 bits per heavy atom. The number of hydrogen-bond acceptors (Lipinski definition) is 5. The van der Waals surface area contributed by atoms with Crippen LogP contribution in [-0.2, 0) is 0 Å². The molecule has 2 unspecified atom stereocenters. The predicted octanol–water partition coefficient (Wildman–Crippen LogP) is 0.688. The number of aromatic nitrogens is 2. The number of rotatable bonds is 2. The highest BCUT2D eigenvalue weighted by Gasteiger charge is 2.23. The van der Waals surface area contributed by atoms with Crippen LogP contribution < -0.4 is 10.6 Å². The lowest BCUT2D eigenvalue weighted by Gasteiger charge is -2.29. The van der Waals surface area contributed by atoms with E-state index < -0.39 is 0 Å². The van der Waals surface area contributed by atoms with Crippen molar-refractivity contribution in [3.05, 3.63) is 11.1 Å². The van der Waals surface area contributed by atoms with Crippen molar-refractivity contribution in [3.8, 4) is 0 Å². The molecule has 1 fully saturated rings. The van der Waals surface area contributed by atoms with Crippen molar-refractivity contribution in [1.29, 1.82) is 0 Å². The van der Waals surface area contributed by atoms with Crippen LogP contribution in [0.2, 0.25) is 0 Å². The summed E-state index contributed by atoms with van der Waals surface area (Å²) in [6, 6.07) is 0.202. The van der Waals surface area contributed by atoms with Gasteiger partial charge in [0.15, 0.2) is 5.69 Å². The van der Waals surface area contributed by atoms with Gasteiger partial charge in [0.2, 0.25) is 0 Å². The second kappa shape index (κ2) is 6.12. The molecule has 2 atom stereocenters. The standard InChI is InChI=1S/C9H14N4OS.ClH/c1-6-2-3-10-4-7(6)11-9(14)8-5-15-13-12-8;/h5-7,10H,2-4H2,1H3,(H,11,14);1H. The lowest BCUT2D eigenvalue weighted by Crippen LogP contribution is -2.50. The number of halogens is 1. The fourth-order valence-corrected chi connectivity index (χ4v) is 2.13. The third kappa shape index (κ3) is 3.13. The first kappa shape index (κ1) is 13.3. The molecule has 1 saturated heterocycles. The van der Waals surface area contributed by atoms with Crippen LogP contribution >= 0.6 is 23.9 Å². The van der Waals surface area contributed by atoms with Crippen molar-refractivity contribution in [3.63, 3.8) is 0 Å². The minimum Gasteiger partial charge on any atom is -0.346 e. The van der Waals surface area contributed by atoms with Gasteiger partial charge in [-0.15, -0.1) is 17.5 Å². The monoisotopic (exact) mass is 262 g/mol. The molecule has 1 amide bonds. The molecular weight excluding hydrogens is 248 g/mol. The average Bonchev–Trinajstić information content (AvgIpc) is 2.74. The summed E-state index contributed by atoms with van der Waals surface area (Å²) in [4.78, 5) is 11.7. The van der Waals surface area contributed by atoms with E-state index in [0.717, 1.165) is 19.5 Å². The Morgan fingerprint density at radius 1 is 1.69 bits per heavy atom. The van der Waals surface area contributed by atoms with Gasteiger partial charge >= 0.3 is 0 Å². The molecule has 5 nitrogen and oxygen atoms in total. The molecule has 1 aromatic rings. The Kier molecular flexibility index (Phi) is 5.11. The van der Waals surface area contributed by atoms with Crippen LogP contribution in [0.3, 0.4) is 0 Å². The summed E-state index contributed by atoms with van der Waals surface area (Å²) in [7, 11) is 0. The van der Waals surface area contributed by atoms with E-state index in [1.54, 1.807) is 5.38 Å². The highest BCUT2D eigenvalue weighted by molar-refractivity contribution is 7.03. The van der Waals surface area contributed by atoms with Crippen LogP contribution in [0.25, 0.3) is 0 Å². The smallest absolute Gasteiger partial charge is 0.273 e. The molecule has 2 heterocycles. The second-order valence-electron chi connectivity index (χ2n) is 3.84. The highest BCUT2D eigenvalue weighted by atomic mass is 35.5. The Balaban J connectivity index is 0.00000128. The molecule has 0 spiro atoms. The maximum atomic E-state index is 11.7. The quantitative estimate of drug-likeness (QED) is 0.823. The summed E-state index contributed by atoms with van der Waals surface area (Å²) in [6.07, 6.45) is 1.10. The molecular formula is C9H15ClN4OS. The van der Waals surface area contributed by atoms with Crippen LogP contribution in [0.1, 0.15) is 23.8 Å². The van der Waals surface area contributed by atoms with Gasteiger partial charge in [-0.05, 0) is 30.4 Å². The van der Waals surface area contributed by atoms with Crippen molar-refractivity contribution in [2.75, 3.05) is 13.1 Å². The van der Waals surface area contributed by atoms with E-state index in [1.807, 2.05) is 0 Å². The van der Waals surface area contributed by atoms with Crippen molar-refractivity contribution in [2.24, 2.45) is 5.92 Å². The highest BCUT2D eigenvalue weighted by Crippen LogP contribution is 2.11. The van der Waals surface area contributed by atoms with Gasteiger partial charge in [-0.3, -0.25) is 4.79 Å². The third-order valence-corrected chi connectivity index (χ3v) is 3.24. The van der Waals surface area contributed by atoms with Crippen molar-refractivity contribution in [2.45, 2.75) is 19.4 Å². The van der Waals surface area contributed by atoms with E-state index in [9.17, 15) is 4.79 Å². The molecule has 1 aliphatic heterocycles. The Bertz CT molecular complexity index is 332. The van der Waals surface area contributed by atoms with Crippen LogP contribution in [0.4, 0.5) is 0 Å². The van der Waals surface area contributed by atoms with Crippen LogP contribution in [0, 0.1) is 5.92 Å². The number of carbonyl (C=O) groups is 1. The van der Waals surface area contributed by atoms with Gasteiger partial charge in [-0.25, -0.2) is 0 Å². The molecule has 0 aliphatic carbocycles. The second-order valence-corrected chi connectivity index (χ2v) is 4.45. The minimum atomic E-state index is -0.121. The SMILES string of the molecule is CC1CCNCC1NC(=O)c1csnn1.Cl. The summed E-state index contributed by atoms with van der Waals surface area (Å²) in [5.74, 6) is 0.395. The van der Waals surface area contributed by atoms with Crippen molar-refractivity contribution >= 4 is 29.8 Å². The van der Waals surface area contributed by atoms with Crippen molar-refractivity contribution in [1.82, 2.24) is 20.2 Å². The zero-order chi connectivity index (χ0) is 10.7. The van der Waals surface area contributed by atoms with Gasteiger partial charge in [0, 0.05) is 18.0 Å². The average molecular weight is 263 g/mol. The molecule has 0 bridgehead atoms. The largest absolute Gasteiger partial charge is 0.346 e. The van der Waals surface area contributed by atoms with E-state index in [4.69, 9.17) is 0 Å². The first-order valence-electron chi connectivity index (χ1n) is 5.06. The van der Waals surface area contributed by atoms with Gasteiger partial charge < -0.3 is 10.6 Å². The van der Waals surface area contributed by atoms with Gasteiger partial charge in [0.05, 0.1) is 0 Å². The van der Waals surface area contributed by atoms with Gasteiger partial charge in [-0.1, -0.05) is 11.4 Å². The molecule has 1 aromatic heterocycles. The fourth-order valence-electron chi connectivity index (χ4n) is 1.69. The third-order valence-electron chi connectivity index (χ3n) is 2.74. The van der Waals surface area contributed by atoms with Crippen molar-refractivity contribution < 1.29 is 4.79 Å². The van der Waals surface area contributed by atoms with E-state index in [1.165, 1.54) is 11.5 Å². The normalized spacial score (nSPS) is 24.6. The number of carbonyl (C=O) groups excluding carboxylic acids is 1. The maximum absolute atomic E-state index is 11.7. The minimum absolute atomic E-state index is 0. The Labute approximate surface area is 105 Å². The number of nitrogens with one attached hydrogen (secondary N) is 2. The molecule has 16 heavy (non-hydrogen) atoms. The molecule has 90 valence electrons. The van der Waals surface area contributed by atoms with Gasteiger partial charge in [-0.2, -0.15) is 0 Å². The Morgan fingerprint density at radius 3 is 3.12 bits per heavy atom. The zero-order valence-electron chi connectivity index (χ0n) is 8.97. The number of amides is 1. The number of piperidine rings is 1. The molecule has 0 saturated carbocycles. The van der Waals surface area contributed by atoms with Gasteiger partial charge in [0.1, 0.15) is 0 Å². The van der Waals surface area contributed by atoms with E-state index >= 15 is 0 Å². The predicted molar refractivity (Wildman–Crippen MR) is 65.1 cm³/mol. The molecule has 1 aliphatic rings. The summed E-state index contributed by atoms with van der Waals surface area (Å²) >= 11 is 1.19. The van der Waals surface area contributed by atoms with Gasteiger partial charge in [0.25, 0.3) is 5.91 Å². The van der Waals surface area contributed by atoms with Crippen LogP contribution in [0.15, 0.2) is 5.38 Å². The first-order valence-corrected chi connectivity index (χ1v) is 5.89. The van der Waals surface area contributed by atoms with Crippen LogP contribution in [-0.4, -0.2) is 34.6 Å². The molecule has 2 N–H and O–H groups in total. The molecule has 2 rings (SSSR count). The summed E-state index contributed by atoms with van der Waals surface area (Å²) in [6.45, 7) is 4.03. The summed E-state index contributed by atoms with van der Waals surface area (Å²) < 4.78 is 3.67. The molecule has 7 heteroatoms. The lowest BCUT2D eigenvalue weighted by atomic mass is 9.95. The molecule has 0 radical (unpaired) electrons. The lowest BCUT2D eigenvalue weighted by molar-refractivity contribution is 0.0910. The topological polar surface area (TPSA) is 66.9 Å². The summed E-state index contributed by atoms with van der Waals surface area (Å²) in [5.41, 5.74) is 0.415. The van der Waals surface area contributed by atoms with E-state index in [2.05, 4.69) is 27.1 Å². The maximum Gasteiger partial charge on any atom is 0.273 e. The number of hydrogen-bond donors (Lipinski definition) is 2. The zero-order valence-corrected chi connectivity index (χ0v) is 10.6. The van der Waals surface area contributed by atoms with E-state index in [-0.39, 0.29) is 24.4 Å². The Hall–Kier alpha value is -0.720. The van der Waals surface area contributed by atoms with Crippen LogP contribution in [0.5, 0.6) is 0 Å². The molecule has 0 aromatic carbocycles. The van der Waals surface area contributed by atoms with E-state index in [0.29, 0.717) is 11.6 Å². The number of nitrogens with zero attached hydrogens (tertiary/aromatic N) is 2. The summed E-state index contributed by atoms with van der Waals surface area (Å²) in [5, 5.41) is 11.6.